The van der Waals surface area contributed by atoms with Crippen LogP contribution >= 0.6 is 0 Å². The highest BCUT2D eigenvalue weighted by Crippen LogP contribution is 2.31. The summed E-state index contributed by atoms with van der Waals surface area (Å²) in [6.45, 7) is 2.38. The van der Waals surface area contributed by atoms with Crippen molar-refractivity contribution in [2.75, 3.05) is 7.11 Å². The van der Waals surface area contributed by atoms with Crippen molar-refractivity contribution in [3.63, 3.8) is 0 Å². The summed E-state index contributed by atoms with van der Waals surface area (Å²) < 4.78 is 20.3. The minimum Gasteiger partial charge on any atom is -0.380 e. The normalized spacial score (nSPS) is 11.0. The number of methoxy groups -OCH3 is 1. The van der Waals surface area contributed by atoms with Gasteiger partial charge in [-0.05, 0) is 42.3 Å². The molecule has 4 heteroatoms. The van der Waals surface area contributed by atoms with Crippen LogP contribution in [0.5, 0.6) is 0 Å². The van der Waals surface area contributed by atoms with E-state index in [9.17, 15) is 4.79 Å². The molecule has 0 radical (unpaired) electrons. The van der Waals surface area contributed by atoms with Crippen molar-refractivity contribution in [2.45, 2.75) is 13.5 Å². The molecule has 4 aromatic rings. The van der Waals surface area contributed by atoms with Crippen LogP contribution in [0.15, 0.2) is 66.7 Å². The zero-order valence-electron chi connectivity index (χ0n) is 16.3. The van der Waals surface area contributed by atoms with Crippen LogP contribution in [-0.2, 0) is 11.3 Å². The number of rotatable bonds is 5. The lowest BCUT2D eigenvalue weighted by molar-refractivity contribution is 0.112. The molecule has 0 N–H and O–H groups in total. The molecule has 0 unspecified atom stereocenters. The maximum Gasteiger partial charge on any atom is 0.150 e. The van der Waals surface area contributed by atoms with Crippen molar-refractivity contribution in [3.8, 4) is 22.4 Å². The number of aromatic nitrogens is 1. The van der Waals surface area contributed by atoms with Crippen molar-refractivity contribution in [1.82, 2.24) is 4.98 Å². The average molecular weight is 385 g/mol. The quantitative estimate of drug-likeness (QED) is 0.397. The molecule has 0 spiro atoms. The average Bonchev–Trinajstić information content (AvgIpc) is 2.74. The summed E-state index contributed by atoms with van der Waals surface area (Å²) in [5.41, 5.74) is 5.74. The predicted octanol–water partition coefficient (Wildman–Crippen LogP) is 5.98. The Morgan fingerprint density at radius 2 is 1.83 bits per heavy atom. The van der Waals surface area contributed by atoms with Crippen LogP contribution in [0.3, 0.4) is 0 Å². The first kappa shape index (κ1) is 19.0. The molecule has 0 aliphatic carbocycles. The monoisotopic (exact) mass is 385 g/mol. The first-order chi connectivity index (χ1) is 14.1. The van der Waals surface area contributed by atoms with Gasteiger partial charge in [-0.2, -0.15) is 0 Å². The van der Waals surface area contributed by atoms with Gasteiger partial charge in [0, 0.05) is 29.2 Å². The van der Waals surface area contributed by atoms with E-state index < -0.39 is 0 Å². The number of fused-ring (bicyclic) bond motifs is 1. The van der Waals surface area contributed by atoms with Gasteiger partial charge in [0.05, 0.1) is 17.8 Å². The van der Waals surface area contributed by atoms with E-state index in [1.54, 1.807) is 19.2 Å². The lowest BCUT2D eigenvalue weighted by Crippen LogP contribution is -1.96. The fourth-order valence-electron chi connectivity index (χ4n) is 3.57. The fourth-order valence-corrected chi connectivity index (χ4v) is 3.57. The second-order valence-electron chi connectivity index (χ2n) is 7.02. The zero-order valence-corrected chi connectivity index (χ0v) is 16.3. The lowest BCUT2D eigenvalue weighted by Gasteiger charge is -2.12. The summed E-state index contributed by atoms with van der Waals surface area (Å²) in [5.74, 6) is -0.343. The molecule has 0 aliphatic rings. The molecule has 0 aliphatic heterocycles. The second-order valence-corrected chi connectivity index (χ2v) is 7.02. The Balaban J connectivity index is 1.81. The zero-order chi connectivity index (χ0) is 20.4. The van der Waals surface area contributed by atoms with Gasteiger partial charge in [-0.1, -0.05) is 48.0 Å². The minimum absolute atomic E-state index is 0.343. The number of benzene rings is 3. The number of halogens is 1. The number of ether oxygens (including phenoxy) is 1. The van der Waals surface area contributed by atoms with Crippen LogP contribution in [0.4, 0.5) is 4.39 Å². The van der Waals surface area contributed by atoms with Crippen molar-refractivity contribution < 1.29 is 13.9 Å². The second kappa shape index (κ2) is 7.94. The Morgan fingerprint density at radius 3 is 2.59 bits per heavy atom. The highest BCUT2D eigenvalue weighted by molar-refractivity contribution is 5.98. The smallest absolute Gasteiger partial charge is 0.150 e. The third-order valence-corrected chi connectivity index (χ3v) is 5.00. The first-order valence-electron chi connectivity index (χ1n) is 9.34. The molecule has 4 rings (SSSR count). The predicted molar refractivity (Wildman–Crippen MR) is 113 cm³/mol. The lowest BCUT2D eigenvalue weighted by atomic mass is 9.97. The Kier molecular flexibility index (Phi) is 5.19. The molecule has 0 saturated carbocycles. The third kappa shape index (κ3) is 3.67. The number of pyridine rings is 1. The van der Waals surface area contributed by atoms with Crippen molar-refractivity contribution in [2.24, 2.45) is 0 Å². The molecule has 0 bridgehead atoms. The van der Waals surface area contributed by atoms with Gasteiger partial charge in [0.25, 0.3) is 0 Å². The van der Waals surface area contributed by atoms with Crippen LogP contribution in [0.2, 0.25) is 0 Å². The maximum atomic E-state index is 15.1. The summed E-state index contributed by atoms with van der Waals surface area (Å²) in [6, 6.07) is 20.1. The molecule has 0 saturated heterocycles. The Labute approximate surface area is 168 Å². The first-order valence-corrected chi connectivity index (χ1v) is 9.34. The van der Waals surface area contributed by atoms with E-state index in [4.69, 9.17) is 4.74 Å². The number of aldehydes is 1. The number of nitrogens with zero attached hydrogens (tertiary/aromatic N) is 1. The van der Waals surface area contributed by atoms with Crippen molar-refractivity contribution in [3.05, 3.63) is 89.2 Å². The number of hydrogen-bond donors (Lipinski definition) is 0. The van der Waals surface area contributed by atoms with E-state index in [0.717, 1.165) is 28.4 Å². The van der Waals surface area contributed by atoms with E-state index >= 15 is 4.39 Å². The third-order valence-electron chi connectivity index (χ3n) is 5.00. The summed E-state index contributed by atoms with van der Waals surface area (Å²) >= 11 is 0. The van der Waals surface area contributed by atoms with Crippen LogP contribution in [-0.4, -0.2) is 18.4 Å². The van der Waals surface area contributed by atoms with Gasteiger partial charge in [-0.15, -0.1) is 0 Å². The SMILES string of the molecule is COCc1ccccc1-c1ccc(-c2cc(C=O)c3cc(C)ccc3n2)cc1F. The Bertz CT molecular complexity index is 1220. The summed E-state index contributed by atoms with van der Waals surface area (Å²) in [6.07, 6.45) is 0.818. The molecule has 0 atom stereocenters. The minimum atomic E-state index is -0.343. The summed E-state index contributed by atoms with van der Waals surface area (Å²) in [5, 5.41) is 0.800. The molecule has 1 aromatic heterocycles. The van der Waals surface area contributed by atoms with Gasteiger partial charge in [0.2, 0.25) is 0 Å². The van der Waals surface area contributed by atoms with Crippen LogP contribution in [0.1, 0.15) is 21.5 Å². The summed E-state index contributed by atoms with van der Waals surface area (Å²) in [4.78, 5) is 16.2. The molecule has 144 valence electrons. The van der Waals surface area contributed by atoms with E-state index in [0.29, 0.717) is 34.5 Å². The molecule has 0 amide bonds. The van der Waals surface area contributed by atoms with Crippen LogP contribution in [0, 0.1) is 12.7 Å². The number of aryl methyl sites for hydroxylation is 1. The molecule has 3 nitrogen and oxygen atoms in total. The van der Waals surface area contributed by atoms with E-state index in [1.165, 1.54) is 6.07 Å². The Hall–Kier alpha value is -3.37. The number of carbonyl (C=O) groups excluding carboxylic acids is 1. The van der Waals surface area contributed by atoms with E-state index in [1.807, 2.05) is 55.5 Å². The van der Waals surface area contributed by atoms with Crippen LogP contribution < -0.4 is 0 Å². The molecule has 3 aromatic carbocycles. The highest BCUT2D eigenvalue weighted by Gasteiger charge is 2.13. The van der Waals surface area contributed by atoms with E-state index in [2.05, 4.69) is 4.98 Å². The number of carbonyl (C=O) groups is 1. The molecule has 29 heavy (non-hydrogen) atoms. The maximum absolute atomic E-state index is 15.1. The highest BCUT2D eigenvalue weighted by atomic mass is 19.1. The summed E-state index contributed by atoms with van der Waals surface area (Å²) in [7, 11) is 1.62. The van der Waals surface area contributed by atoms with Crippen LogP contribution in [0.25, 0.3) is 33.3 Å². The van der Waals surface area contributed by atoms with Gasteiger partial charge in [-0.25, -0.2) is 9.37 Å². The molecule has 0 fully saturated rings. The van der Waals surface area contributed by atoms with Gasteiger partial charge < -0.3 is 4.74 Å². The van der Waals surface area contributed by atoms with Crippen molar-refractivity contribution in [1.29, 1.82) is 0 Å². The molecular formula is C25H20FNO2. The van der Waals surface area contributed by atoms with Crippen molar-refractivity contribution >= 4 is 17.2 Å². The topological polar surface area (TPSA) is 39.2 Å². The van der Waals surface area contributed by atoms with Gasteiger partial charge in [0.15, 0.2) is 6.29 Å². The largest absolute Gasteiger partial charge is 0.380 e. The Morgan fingerprint density at radius 1 is 1.00 bits per heavy atom. The molecular weight excluding hydrogens is 365 g/mol. The standard InChI is InChI=1S/C25H20FNO2/c1-16-7-10-24-22(11-16)19(14-28)13-25(27-24)17-8-9-21(23(26)12-17)20-6-4-3-5-18(20)15-29-2/h3-14H,15H2,1-2H3. The number of hydrogen-bond acceptors (Lipinski definition) is 3. The van der Waals surface area contributed by atoms with Gasteiger partial charge in [0.1, 0.15) is 5.82 Å². The van der Waals surface area contributed by atoms with Gasteiger partial charge in [-0.3, -0.25) is 4.79 Å². The van der Waals surface area contributed by atoms with E-state index in [-0.39, 0.29) is 5.82 Å². The molecule has 1 heterocycles. The van der Waals surface area contributed by atoms with Gasteiger partial charge >= 0.3 is 0 Å². The fraction of sp³-hybridized carbons (Fsp3) is 0.120.